The lowest BCUT2D eigenvalue weighted by molar-refractivity contribution is -0.137. The van der Waals surface area contributed by atoms with Crippen LogP contribution in [0.3, 0.4) is 0 Å². The molecule has 0 atom stereocenters. The molecule has 1 aromatic carbocycles. The minimum Gasteiger partial charge on any atom is -0.399 e. The van der Waals surface area contributed by atoms with E-state index in [0.29, 0.717) is 16.7 Å². The summed E-state index contributed by atoms with van der Waals surface area (Å²) in [6.07, 6.45) is -2.86. The molecule has 0 spiro atoms. The molecule has 0 saturated carbocycles. The zero-order chi connectivity index (χ0) is 18.5. The Morgan fingerprint density at radius 1 is 0.960 bits per heavy atom. The van der Waals surface area contributed by atoms with Gasteiger partial charge in [0.25, 0.3) is 0 Å². The van der Waals surface area contributed by atoms with Crippen LogP contribution < -0.4 is 5.46 Å². The van der Waals surface area contributed by atoms with Gasteiger partial charge in [0.15, 0.2) is 0 Å². The monoisotopic (exact) mass is 349 g/mol. The van der Waals surface area contributed by atoms with Gasteiger partial charge in [0.1, 0.15) is 0 Å². The molecule has 25 heavy (non-hydrogen) atoms. The maximum atomic E-state index is 13.0. The smallest absolute Gasteiger partial charge is 0.399 e. The summed E-state index contributed by atoms with van der Waals surface area (Å²) < 4.78 is 51.1. The highest BCUT2D eigenvalue weighted by Gasteiger charge is 2.52. The Bertz CT molecular complexity index is 774. The predicted molar refractivity (Wildman–Crippen MR) is 90.4 cm³/mol. The summed E-state index contributed by atoms with van der Waals surface area (Å²) >= 11 is 0. The van der Waals surface area contributed by atoms with E-state index >= 15 is 0 Å². The fourth-order valence-corrected chi connectivity index (χ4v) is 2.66. The number of alkyl halides is 3. The second-order valence-electron chi connectivity index (χ2n) is 7.11. The van der Waals surface area contributed by atoms with E-state index in [1.165, 1.54) is 6.07 Å². The van der Waals surface area contributed by atoms with Gasteiger partial charge in [0.2, 0.25) is 0 Å². The molecular formula is C18H19BF3NO2. The fourth-order valence-electron chi connectivity index (χ4n) is 2.66. The Kier molecular flexibility index (Phi) is 4.20. The summed E-state index contributed by atoms with van der Waals surface area (Å²) in [5.74, 6) is 0. The Labute approximate surface area is 145 Å². The van der Waals surface area contributed by atoms with E-state index in [1.807, 2.05) is 27.7 Å². The molecule has 132 valence electrons. The van der Waals surface area contributed by atoms with Crippen LogP contribution in [-0.2, 0) is 15.5 Å². The molecular weight excluding hydrogens is 330 g/mol. The highest BCUT2D eigenvalue weighted by atomic mass is 19.4. The topological polar surface area (TPSA) is 31.4 Å². The van der Waals surface area contributed by atoms with Crippen LogP contribution >= 0.6 is 0 Å². The Hall–Kier alpha value is -1.86. The van der Waals surface area contributed by atoms with Crippen molar-refractivity contribution >= 4 is 12.6 Å². The van der Waals surface area contributed by atoms with Gasteiger partial charge in [-0.25, -0.2) is 0 Å². The van der Waals surface area contributed by atoms with Gasteiger partial charge in [-0.15, -0.1) is 0 Å². The molecule has 3 nitrogen and oxygen atoms in total. The van der Waals surface area contributed by atoms with Gasteiger partial charge in [0, 0.05) is 17.2 Å². The van der Waals surface area contributed by atoms with Crippen LogP contribution in [-0.4, -0.2) is 23.3 Å². The number of halogens is 3. The summed E-state index contributed by atoms with van der Waals surface area (Å²) in [6.45, 7) is 7.70. The first-order chi connectivity index (χ1) is 11.5. The molecule has 0 N–H and O–H groups in total. The van der Waals surface area contributed by atoms with Crippen LogP contribution in [0.2, 0.25) is 0 Å². The molecule has 0 amide bonds. The van der Waals surface area contributed by atoms with E-state index in [-0.39, 0.29) is 0 Å². The average molecular weight is 349 g/mol. The maximum Gasteiger partial charge on any atom is 0.497 e. The molecule has 0 bridgehead atoms. The summed E-state index contributed by atoms with van der Waals surface area (Å²) in [4.78, 5) is 4.28. The number of rotatable bonds is 2. The van der Waals surface area contributed by atoms with Gasteiger partial charge in [-0.1, -0.05) is 18.2 Å². The summed E-state index contributed by atoms with van der Waals surface area (Å²) in [7, 11) is -0.691. The molecule has 1 fully saturated rings. The molecule has 2 heterocycles. The van der Waals surface area contributed by atoms with Gasteiger partial charge in [-0.05, 0) is 45.9 Å². The third-order valence-electron chi connectivity index (χ3n) is 4.81. The third kappa shape index (κ3) is 3.31. The zero-order valence-corrected chi connectivity index (χ0v) is 14.5. The molecule has 1 aliphatic heterocycles. The van der Waals surface area contributed by atoms with Crippen LogP contribution in [0, 0.1) is 0 Å². The number of benzene rings is 1. The van der Waals surface area contributed by atoms with Gasteiger partial charge in [-0.2, -0.15) is 13.2 Å². The standard InChI is InChI=1S/C18H19BF3NO2/c1-16(2)17(3,4)25-19(24-16)14-9-6-10-23-15(14)12-7-5-8-13(11-12)18(20,21)22/h5-11H,1-4H3. The van der Waals surface area contributed by atoms with Crippen LogP contribution in [0.1, 0.15) is 33.3 Å². The molecule has 0 aliphatic carbocycles. The second kappa shape index (κ2) is 5.85. The van der Waals surface area contributed by atoms with Crippen molar-refractivity contribution in [3.8, 4) is 11.3 Å². The molecule has 0 radical (unpaired) electrons. The lowest BCUT2D eigenvalue weighted by Crippen LogP contribution is -2.41. The fraction of sp³-hybridized carbons (Fsp3) is 0.389. The van der Waals surface area contributed by atoms with Gasteiger partial charge in [0.05, 0.1) is 22.5 Å². The SMILES string of the molecule is CC1(C)OB(c2cccnc2-c2cccc(C(F)(F)F)c2)OC1(C)C. The van der Waals surface area contributed by atoms with Gasteiger partial charge >= 0.3 is 13.3 Å². The van der Waals surface area contributed by atoms with Crippen molar-refractivity contribution in [2.24, 2.45) is 0 Å². The van der Waals surface area contributed by atoms with E-state index in [2.05, 4.69) is 4.98 Å². The van der Waals surface area contributed by atoms with Gasteiger partial charge in [-0.3, -0.25) is 4.98 Å². The average Bonchev–Trinajstić information content (AvgIpc) is 2.75. The molecule has 1 aliphatic rings. The zero-order valence-electron chi connectivity index (χ0n) is 14.5. The van der Waals surface area contributed by atoms with Crippen molar-refractivity contribution in [1.29, 1.82) is 0 Å². The molecule has 2 aromatic rings. The van der Waals surface area contributed by atoms with Crippen molar-refractivity contribution < 1.29 is 22.5 Å². The number of pyridine rings is 1. The first-order valence-corrected chi connectivity index (χ1v) is 7.99. The van der Waals surface area contributed by atoms with Crippen LogP contribution in [0.15, 0.2) is 42.6 Å². The van der Waals surface area contributed by atoms with E-state index in [9.17, 15) is 13.2 Å². The minimum atomic E-state index is -4.41. The van der Waals surface area contributed by atoms with Crippen molar-refractivity contribution in [2.75, 3.05) is 0 Å². The summed E-state index contributed by atoms with van der Waals surface area (Å²) in [6, 6.07) is 8.60. The first-order valence-electron chi connectivity index (χ1n) is 7.99. The molecule has 1 saturated heterocycles. The lowest BCUT2D eigenvalue weighted by Gasteiger charge is -2.32. The van der Waals surface area contributed by atoms with Crippen molar-refractivity contribution in [3.05, 3.63) is 48.2 Å². The van der Waals surface area contributed by atoms with E-state index in [1.54, 1.807) is 24.4 Å². The summed E-state index contributed by atoms with van der Waals surface area (Å²) in [5.41, 5.74) is -0.389. The van der Waals surface area contributed by atoms with Crippen LogP contribution in [0.25, 0.3) is 11.3 Å². The third-order valence-corrected chi connectivity index (χ3v) is 4.81. The van der Waals surface area contributed by atoms with Crippen molar-refractivity contribution in [1.82, 2.24) is 4.98 Å². The van der Waals surface area contributed by atoms with Crippen LogP contribution in [0.5, 0.6) is 0 Å². The summed E-state index contributed by atoms with van der Waals surface area (Å²) in [5, 5.41) is 0. The van der Waals surface area contributed by atoms with E-state index in [4.69, 9.17) is 9.31 Å². The minimum absolute atomic E-state index is 0.375. The normalized spacial score (nSPS) is 19.2. The van der Waals surface area contributed by atoms with E-state index < -0.39 is 30.1 Å². The predicted octanol–water partition coefficient (Wildman–Crippen LogP) is 4.07. The maximum absolute atomic E-state index is 13.0. The van der Waals surface area contributed by atoms with Crippen molar-refractivity contribution in [2.45, 2.75) is 45.1 Å². The number of aromatic nitrogens is 1. The highest BCUT2D eigenvalue weighted by Crippen LogP contribution is 2.37. The molecule has 7 heteroatoms. The number of nitrogens with zero attached hydrogens (tertiary/aromatic N) is 1. The number of hydrogen-bond donors (Lipinski definition) is 0. The largest absolute Gasteiger partial charge is 0.497 e. The Morgan fingerprint density at radius 2 is 1.60 bits per heavy atom. The lowest BCUT2D eigenvalue weighted by atomic mass is 9.76. The highest BCUT2D eigenvalue weighted by molar-refractivity contribution is 6.63. The first kappa shape index (κ1) is 18.0. The van der Waals surface area contributed by atoms with E-state index in [0.717, 1.165) is 12.1 Å². The Balaban J connectivity index is 2.04. The molecule has 1 aromatic heterocycles. The van der Waals surface area contributed by atoms with Crippen molar-refractivity contribution in [3.63, 3.8) is 0 Å². The van der Waals surface area contributed by atoms with Crippen LogP contribution in [0.4, 0.5) is 13.2 Å². The Morgan fingerprint density at radius 3 is 2.20 bits per heavy atom. The quantitative estimate of drug-likeness (QED) is 0.766. The molecule has 0 unspecified atom stereocenters. The molecule has 3 rings (SSSR count). The van der Waals surface area contributed by atoms with Gasteiger partial charge < -0.3 is 9.31 Å². The number of hydrogen-bond acceptors (Lipinski definition) is 3. The second-order valence-corrected chi connectivity index (χ2v) is 7.11.